The summed E-state index contributed by atoms with van der Waals surface area (Å²) in [4.78, 5) is 41.0. The zero-order chi connectivity index (χ0) is 19.0. The van der Waals surface area contributed by atoms with E-state index in [9.17, 15) is 14.4 Å². The molecule has 0 aliphatic carbocycles. The first-order valence-electron chi connectivity index (χ1n) is 8.03. The molecule has 1 rings (SSSR count). The van der Waals surface area contributed by atoms with Gasteiger partial charge in [0.2, 0.25) is 11.8 Å². The summed E-state index contributed by atoms with van der Waals surface area (Å²) in [6.07, 6.45) is 2.05. The highest BCUT2D eigenvalue weighted by molar-refractivity contribution is 7.80. The van der Waals surface area contributed by atoms with Crippen LogP contribution < -0.4 is 22.5 Å². The van der Waals surface area contributed by atoms with Gasteiger partial charge in [0.15, 0.2) is 5.96 Å². The quantitative estimate of drug-likeness (QED) is 0.115. The van der Waals surface area contributed by atoms with Gasteiger partial charge in [-0.3, -0.25) is 14.6 Å². The smallest absolute Gasteiger partial charge is 0.327 e. The summed E-state index contributed by atoms with van der Waals surface area (Å²) >= 11 is 3.91. The summed E-state index contributed by atoms with van der Waals surface area (Å²) in [5.41, 5.74) is 16.4. The zero-order valence-electron chi connectivity index (χ0n) is 13.9. The molecule has 1 saturated heterocycles. The lowest BCUT2D eigenvalue weighted by molar-refractivity contribution is -0.143. The number of carbonyl (C=O) groups is 3. The van der Waals surface area contributed by atoms with E-state index in [2.05, 4.69) is 22.9 Å². The van der Waals surface area contributed by atoms with Crippen molar-refractivity contribution in [3.05, 3.63) is 0 Å². The molecule has 0 aromatic rings. The minimum Gasteiger partial charge on any atom is -0.480 e. The number of guanidine groups is 1. The Balaban J connectivity index is 2.60. The van der Waals surface area contributed by atoms with Crippen LogP contribution in [0.5, 0.6) is 0 Å². The topological polar surface area (TPSA) is 177 Å². The molecule has 0 aromatic heterocycles. The van der Waals surface area contributed by atoms with Gasteiger partial charge in [-0.1, -0.05) is 0 Å². The Morgan fingerprint density at radius 3 is 2.60 bits per heavy atom. The van der Waals surface area contributed by atoms with Crippen molar-refractivity contribution >= 4 is 36.4 Å². The monoisotopic (exact) mass is 374 g/mol. The number of nitrogens with zero attached hydrogens (tertiary/aromatic N) is 2. The van der Waals surface area contributed by atoms with Gasteiger partial charge < -0.3 is 32.5 Å². The summed E-state index contributed by atoms with van der Waals surface area (Å²) in [5, 5.41) is 11.4. The Kier molecular flexibility index (Phi) is 8.49. The Morgan fingerprint density at radius 2 is 2.04 bits per heavy atom. The summed E-state index contributed by atoms with van der Waals surface area (Å²) < 4.78 is 0. The number of thiol groups is 1. The summed E-state index contributed by atoms with van der Waals surface area (Å²) in [5.74, 6) is -2.06. The number of hydrogen-bond donors (Lipinski definition) is 6. The van der Waals surface area contributed by atoms with E-state index in [4.69, 9.17) is 22.3 Å². The molecule has 8 N–H and O–H groups in total. The van der Waals surface area contributed by atoms with Crippen molar-refractivity contribution in [3.63, 3.8) is 0 Å². The maximum Gasteiger partial charge on any atom is 0.327 e. The SMILES string of the molecule is NC(N)=NCCC[C@H](N)C(=O)N1CCC[C@H]1C(=O)N[C@@H](CS)C(=O)O. The fraction of sp³-hybridized carbons (Fsp3) is 0.714. The highest BCUT2D eigenvalue weighted by Crippen LogP contribution is 2.19. The Bertz CT molecular complexity index is 525. The van der Waals surface area contributed by atoms with E-state index in [0.717, 1.165) is 0 Å². The van der Waals surface area contributed by atoms with Gasteiger partial charge in [0.1, 0.15) is 12.1 Å². The molecule has 10 nitrogen and oxygen atoms in total. The summed E-state index contributed by atoms with van der Waals surface area (Å²) in [6, 6.07) is -2.57. The van der Waals surface area contributed by atoms with Crippen molar-refractivity contribution in [1.82, 2.24) is 10.2 Å². The van der Waals surface area contributed by atoms with Crippen molar-refractivity contribution in [3.8, 4) is 0 Å². The molecule has 0 saturated carbocycles. The molecule has 1 aliphatic rings. The van der Waals surface area contributed by atoms with E-state index in [1.807, 2.05) is 0 Å². The van der Waals surface area contributed by atoms with Crippen LogP contribution in [0.25, 0.3) is 0 Å². The minimum atomic E-state index is -1.17. The zero-order valence-corrected chi connectivity index (χ0v) is 14.8. The van der Waals surface area contributed by atoms with Crippen LogP contribution in [-0.2, 0) is 14.4 Å². The van der Waals surface area contributed by atoms with E-state index >= 15 is 0 Å². The number of nitrogens with two attached hydrogens (primary N) is 3. The fourth-order valence-corrected chi connectivity index (χ4v) is 2.86. The van der Waals surface area contributed by atoms with Crippen LogP contribution in [0.2, 0.25) is 0 Å². The molecule has 0 unspecified atom stereocenters. The molecule has 142 valence electrons. The Morgan fingerprint density at radius 1 is 1.36 bits per heavy atom. The van der Waals surface area contributed by atoms with Crippen LogP contribution in [0.4, 0.5) is 0 Å². The molecule has 0 radical (unpaired) electrons. The molecule has 1 fully saturated rings. The Hall–Kier alpha value is -2.01. The number of carboxylic acids is 1. The molecule has 11 heteroatoms. The molecular formula is C14H26N6O4S. The van der Waals surface area contributed by atoms with Gasteiger partial charge in [-0.2, -0.15) is 12.6 Å². The van der Waals surface area contributed by atoms with Crippen molar-refractivity contribution in [2.75, 3.05) is 18.8 Å². The van der Waals surface area contributed by atoms with E-state index in [-0.39, 0.29) is 17.6 Å². The highest BCUT2D eigenvalue weighted by Gasteiger charge is 2.37. The van der Waals surface area contributed by atoms with Gasteiger partial charge in [-0.25, -0.2) is 4.79 Å². The Labute approximate surface area is 151 Å². The first kappa shape index (κ1) is 21.0. The normalized spacial score (nSPS) is 19.1. The second-order valence-corrected chi connectivity index (χ2v) is 6.19. The van der Waals surface area contributed by atoms with Crippen molar-refractivity contribution in [2.24, 2.45) is 22.2 Å². The predicted molar refractivity (Wildman–Crippen MR) is 96.0 cm³/mol. The van der Waals surface area contributed by atoms with Crippen molar-refractivity contribution < 1.29 is 19.5 Å². The second kappa shape index (κ2) is 10.1. The third kappa shape index (κ3) is 6.42. The minimum absolute atomic E-state index is 0.0200. The van der Waals surface area contributed by atoms with Crippen LogP contribution in [-0.4, -0.2) is 70.7 Å². The molecule has 0 bridgehead atoms. The number of rotatable bonds is 9. The first-order valence-corrected chi connectivity index (χ1v) is 8.66. The predicted octanol–water partition coefficient (Wildman–Crippen LogP) is -2.14. The number of aliphatic carboxylic acids is 1. The second-order valence-electron chi connectivity index (χ2n) is 5.83. The molecule has 3 atom stereocenters. The van der Waals surface area contributed by atoms with Crippen LogP contribution in [0.1, 0.15) is 25.7 Å². The summed E-state index contributed by atoms with van der Waals surface area (Å²) in [6.45, 7) is 0.784. The van der Waals surface area contributed by atoms with Gasteiger partial charge in [-0.05, 0) is 25.7 Å². The lowest BCUT2D eigenvalue weighted by Crippen LogP contribution is -2.54. The molecule has 1 heterocycles. The van der Waals surface area contributed by atoms with Crippen LogP contribution in [0.3, 0.4) is 0 Å². The third-order valence-corrected chi connectivity index (χ3v) is 4.29. The van der Waals surface area contributed by atoms with Gasteiger partial charge in [0.25, 0.3) is 0 Å². The van der Waals surface area contributed by atoms with Gasteiger partial charge in [-0.15, -0.1) is 0 Å². The first-order chi connectivity index (χ1) is 11.8. The third-order valence-electron chi connectivity index (χ3n) is 3.92. The van der Waals surface area contributed by atoms with Gasteiger partial charge in [0.05, 0.1) is 6.04 Å². The van der Waals surface area contributed by atoms with Crippen LogP contribution in [0, 0.1) is 0 Å². The number of carboxylic acid groups (broad SMARTS) is 1. The largest absolute Gasteiger partial charge is 0.480 e. The molecule has 25 heavy (non-hydrogen) atoms. The molecule has 2 amide bonds. The molecule has 0 spiro atoms. The summed E-state index contributed by atoms with van der Waals surface area (Å²) in [7, 11) is 0. The van der Waals surface area contributed by atoms with Gasteiger partial charge in [0, 0.05) is 18.8 Å². The van der Waals surface area contributed by atoms with Crippen LogP contribution in [0.15, 0.2) is 4.99 Å². The maximum absolute atomic E-state index is 12.5. The van der Waals surface area contributed by atoms with E-state index < -0.39 is 30.0 Å². The molecule has 1 aliphatic heterocycles. The fourth-order valence-electron chi connectivity index (χ4n) is 2.61. The average molecular weight is 374 g/mol. The number of hydrogen-bond acceptors (Lipinski definition) is 6. The van der Waals surface area contributed by atoms with Crippen molar-refractivity contribution in [2.45, 2.75) is 43.8 Å². The van der Waals surface area contributed by atoms with Gasteiger partial charge >= 0.3 is 5.97 Å². The maximum atomic E-state index is 12.5. The number of carbonyl (C=O) groups excluding carboxylic acids is 2. The van der Waals surface area contributed by atoms with E-state index in [1.165, 1.54) is 4.90 Å². The number of likely N-dealkylation sites (tertiary alicyclic amines) is 1. The lowest BCUT2D eigenvalue weighted by Gasteiger charge is -2.27. The number of nitrogens with one attached hydrogen (secondary N) is 1. The van der Waals surface area contributed by atoms with Crippen LogP contribution >= 0.6 is 12.6 Å². The molecular weight excluding hydrogens is 348 g/mol. The number of amides is 2. The van der Waals surface area contributed by atoms with E-state index in [0.29, 0.717) is 38.8 Å². The lowest BCUT2D eigenvalue weighted by atomic mass is 10.1. The molecule has 0 aromatic carbocycles. The highest BCUT2D eigenvalue weighted by atomic mass is 32.1. The van der Waals surface area contributed by atoms with Crippen molar-refractivity contribution in [1.29, 1.82) is 0 Å². The average Bonchev–Trinajstić information content (AvgIpc) is 3.04. The van der Waals surface area contributed by atoms with E-state index in [1.54, 1.807) is 0 Å². The number of aliphatic imine (C=N–C) groups is 1. The standard InChI is InChI=1S/C14H26N6O4S/c15-8(3-1-5-18-14(16)17)12(22)20-6-2-4-10(20)11(21)19-9(7-25)13(23)24/h8-10,25H,1-7,15H2,(H,19,21)(H,23,24)(H4,16,17,18)/t8-,9-,10-/m0/s1.